The molecule has 0 saturated carbocycles. The van der Waals surface area contributed by atoms with Crippen LogP contribution < -0.4 is 20.8 Å². The lowest BCUT2D eigenvalue weighted by Crippen LogP contribution is -2.18. The second-order valence-electron chi connectivity index (χ2n) is 5.48. The van der Waals surface area contributed by atoms with Crippen LogP contribution in [0.5, 0.6) is 16.6 Å². The van der Waals surface area contributed by atoms with Gasteiger partial charge in [0.2, 0.25) is 0 Å². The maximum Gasteiger partial charge on any atom is 0.189 e. The topological polar surface area (TPSA) is 82.3 Å². The van der Waals surface area contributed by atoms with E-state index in [-0.39, 0.29) is 0 Å². The lowest BCUT2D eigenvalue weighted by Gasteiger charge is -2.08. The number of benzene rings is 1. The number of hydrogen-bond donors (Lipinski definition) is 2. The van der Waals surface area contributed by atoms with Crippen molar-refractivity contribution in [3.8, 4) is 27.3 Å². The van der Waals surface area contributed by atoms with E-state index >= 15 is 0 Å². The number of nitrogens with two attached hydrogens (primary N) is 1. The third-order valence-corrected chi connectivity index (χ3v) is 5.32. The number of hydroxylamine groups is 1. The van der Waals surface area contributed by atoms with Crippen molar-refractivity contribution < 1.29 is 9.57 Å². The molecular weight excluding hydrogens is 380 g/mol. The smallest absolute Gasteiger partial charge is 0.189 e. The lowest BCUT2D eigenvalue weighted by molar-refractivity contribution is 0.192. The first-order valence-corrected chi connectivity index (χ1v) is 9.85. The second-order valence-corrected chi connectivity index (χ2v) is 7.50. The zero-order valence-electron chi connectivity index (χ0n) is 14.2. The number of aromatic nitrogens is 2. The molecule has 8 heteroatoms. The average molecular weight is 396 g/mol. The van der Waals surface area contributed by atoms with E-state index < -0.39 is 0 Å². The van der Waals surface area contributed by atoms with Crippen LogP contribution in [0.2, 0.25) is 0 Å². The van der Waals surface area contributed by atoms with E-state index in [1.54, 1.807) is 23.6 Å². The Morgan fingerprint density at radius 1 is 1.04 bits per heavy atom. The number of nitrogens with zero attached hydrogens (tertiary/aromatic N) is 2. The Kier molecular flexibility index (Phi) is 5.29. The standard InChI is InChI=1S/C19H16N4O2S2/c20-18-16(8-7-15(23-18)19-21-10-11-26-19)25-22-12-14-6-9-17(27-14)24-13-4-2-1-3-5-13/h1-11,22H,12H2,(H2,20,23). The van der Waals surface area contributed by atoms with Gasteiger partial charge < -0.3 is 15.3 Å². The van der Waals surface area contributed by atoms with E-state index in [2.05, 4.69) is 15.4 Å². The zero-order chi connectivity index (χ0) is 18.5. The van der Waals surface area contributed by atoms with Crippen LogP contribution in [0, 0.1) is 0 Å². The minimum Gasteiger partial charge on any atom is -0.447 e. The van der Waals surface area contributed by atoms with E-state index in [0.717, 1.165) is 26.4 Å². The molecule has 27 heavy (non-hydrogen) atoms. The Morgan fingerprint density at radius 3 is 2.70 bits per heavy atom. The molecule has 0 unspecified atom stereocenters. The number of thiazole rings is 1. The number of nitrogen functional groups attached to an aromatic ring is 1. The van der Waals surface area contributed by atoms with Gasteiger partial charge in [0.15, 0.2) is 16.6 Å². The molecule has 4 rings (SSSR count). The van der Waals surface area contributed by atoms with Crippen LogP contribution in [0.4, 0.5) is 5.82 Å². The van der Waals surface area contributed by atoms with Gasteiger partial charge in [-0.2, -0.15) is 5.48 Å². The number of nitrogens with one attached hydrogen (secondary N) is 1. The molecule has 0 radical (unpaired) electrons. The lowest BCUT2D eigenvalue weighted by atomic mass is 10.3. The molecule has 0 bridgehead atoms. The van der Waals surface area contributed by atoms with Gasteiger partial charge in [0.1, 0.15) is 16.5 Å². The first-order chi connectivity index (χ1) is 13.3. The van der Waals surface area contributed by atoms with E-state index in [1.807, 2.05) is 53.9 Å². The van der Waals surface area contributed by atoms with E-state index in [0.29, 0.717) is 18.1 Å². The van der Waals surface area contributed by atoms with E-state index in [1.165, 1.54) is 11.3 Å². The maximum absolute atomic E-state index is 5.98. The molecule has 136 valence electrons. The summed E-state index contributed by atoms with van der Waals surface area (Å²) in [6.45, 7) is 0.524. The molecular formula is C19H16N4O2S2. The Balaban J connectivity index is 1.32. The summed E-state index contributed by atoms with van der Waals surface area (Å²) in [6, 6.07) is 17.2. The minimum absolute atomic E-state index is 0.314. The summed E-state index contributed by atoms with van der Waals surface area (Å²) in [7, 11) is 0. The fourth-order valence-corrected chi connectivity index (χ4v) is 3.72. The van der Waals surface area contributed by atoms with Crippen molar-refractivity contribution in [1.29, 1.82) is 0 Å². The van der Waals surface area contributed by atoms with Crippen molar-refractivity contribution in [3.05, 3.63) is 71.1 Å². The number of ether oxygens (including phenoxy) is 1. The molecule has 0 saturated heterocycles. The molecule has 0 spiro atoms. The molecule has 0 amide bonds. The highest BCUT2D eigenvalue weighted by atomic mass is 32.1. The van der Waals surface area contributed by atoms with Gasteiger partial charge in [-0.1, -0.05) is 18.2 Å². The van der Waals surface area contributed by atoms with Crippen LogP contribution in [0.25, 0.3) is 10.7 Å². The summed E-state index contributed by atoms with van der Waals surface area (Å²) in [5.41, 5.74) is 9.62. The van der Waals surface area contributed by atoms with Crippen molar-refractivity contribution in [1.82, 2.24) is 15.4 Å². The summed E-state index contributed by atoms with van der Waals surface area (Å²) in [5, 5.41) is 3.55. The van der Waals surface area contributed by atoms with E-state index in [4.69, 9.17) is 15.3 Å². The molecule has 0 aliphatic carbocycles. The summed E-state index contributed by atoms with van der Waals surface area (Å²) >= 11 is 3.06. The highest BCUT2D eigenvalue weighted by Crippen LogP contribution is 2.29. The van der Waals surface area contributed by atoms with Crippen molar-refractivity contribution >= 4 is 28.5 Å². The molecule has 0 aliphatic heterocycles. The van der Waals surface area contributed by atoms with Gasteiger partial charge in [0.25, 0.3) is 0 Å². The molecule has 0 atom stereocenters. The van der Waals surface area contributed by atoms with Crippen molar-refractivity contribution in [2.24, 2.45) is 0 Å². The Bertz CT molecular complexity index is 1000. The zero-order valence-corrected chi connectivity index (χ0v) is 15.8. The maximum atomic E-state index is 5.98. The van der Waals surface area contributed by atoms with Gasteiger partial charge in [0.05, 0.1) is 6.54 Å². The normalized spacial score (nSPS) is 10.7. The first-order valence-electron chi connectivity index (χ1n) is 8.15. The number of pyridine rings is 1. The van der Waals surface area contributed by atoms with Gasteiger partial charge >= 0.3 is 0 Å². The van der Waals surface area contributed by atoms with Crippen molar-refractivity contribution in [2.75, 3.05) is 5.73 Å². The quantitative estimate of drug-likeness (QED) is 0.440. The summed E-state index contributed by atoms with van der Waals surface area (Å²) in [4.78, 5) is 15.2. The largest absolute Gasteiger partial charge is 0.447 e. The van der Waals surface area contributed by atoms with Crippen LogP contribution in [0.15, 0.2) is 66.2 Å². The molecule has 3 heterocycles. The van der Waals surface area contributed by atoms with Crippen LogP contribution in [-0.4, -0.2) is 9.97 Å². The number of rotatable bonds is 7. The Morgan fingerprint density at radius 2 is 1.93 bits per heavy atom. The molecule has 1 aromatic carbocycles. The number of thiophene rings is 1. The van der Waals surface area contributed by atoms with Crippen LogP contribution in [0.3, 0.4) is 0 Å². The predicted molar refractivity (Wildman–Crippen MR) is 108 cm³/mol. The summed E-state index contributed by atoms with van der Waals surface area (Å²) in [5.74, 6) is 1.61. The third kappa shape index (κ3) is 4.43. The third-order valence-electron chi connectivity index (χ3n) is 3.56. The monoisotopic (exact) mass is 396 g/mol. The van der Waals surface area contributed by atoms with Gasteiger partial charge in [0, 0.05) is 16.5 Å². The Hall–Kier alpha value is -2.94. The minimum atomic E-state index is 0.314. The van der Waals surface area contributed by atoms with Crippen LogP contribution in [-0.2, 0) is 6.54 Å². The van der Waals surface area contributed by atoms with Gasteiger partial charge in [-0.25, -0.2) is 9.97 Å². The van der Waals surface area contributed by atoms with E-state index in [9.17, 15) is 0 Å². The van der Waals surface area contributed by atoms with Gasteiger partial charge in [-0.15, -0.1) is 22.7 Å². The molecule has 3 N–H and O–H groups in total. The fraction of sp³-hybridized carbons (Fsp3) is 0.0526. The molecule has 3 aromatic heterocycles. The second kappa shape index (κ2) is 8.17. The van der Waals surface area contributed by atoms with Crippen LogP contribution >= 0.6 is 22.7 Å². The highest BCUT2D eigenvalue weighted by Gasteiger charge is 2.08. The summed E-state index contributed by atoms with van der Waals surface area (Å²) < 4.78 is 5.81. The van der Waals surface area contributed by atoms with Crippen LogP contribution in [0.1, 0.15) is 4.88 Å². The van der Waals surface area contributed by atoms with Gasteiger partial charge in [-0.3, -0.25) is 0 Å². The number of para-hydroxylation sites is 1. The van der Waals surface area contributed by atoms with Gasteiger partial charge in [-0.05, 0) is 36.4 Å². The fourth-order valence-electron chi connectivity index (χ4n) is 2.32. The first kappa shape index (κ1) is 17.5. The van der Waals surface area contributed by atoms with Crippen molar-refractivity contribution in [3.63, 3.8) is 0 Å². The summed E-state index contributed by atoms with van der Waals surface area (Å²) in [6.07, 6.45) is 1.74. The molecule has 0 fully saturated rings. The predicted octanol–water partition coefficient (Wildman–Crippen LogP) is 4.72. The molecule has 0 aliphatic rings. The Labute approximate surface area is 164 Å². The molecule has 4 aromatic rings. The van der Waals surface area contributed by atoms with Crippen molar-refractivity contribution in [2.45, 2.75) is 6.54 Å². The average Bonchev–Trinajstić information content (AvgIpc) is 3.36. The number of hydrogen-bond acceptors (Lipinski definition) is 8. The molecule has 6 nitrogen and oxygen atoms in total. The SMILES string of the molecule is Nc1nc(-c2nccs2)ccc1ONCc1ccc(Oc2ccccc2)s1. The highest BCUT2D eigenvalue weighted by molar-refractivity contribution is 7.13. The number of anilines is 1.